The van der Waals surface area contributed by atoms with E-state index in [1.165, 1.54) is 0 Å². The molecule has 1 aromatic carbocycles. The highest BCUT2D eigenvalue weighted by Gasteiger charge is 2.17. The predicted octanol–water partition coefficient (Wildman–Crippen LogP) is 3.20. The maximum absolute atomic E-state index is 10.9. The molecular formula is C11H15BrN2O2. The lowest BCUT2D eigenvalue weighted by Crippen LogP contribution is -2.22. The molecule has 0 heterocycles. The average Bonchev–Trinajstić information content (AvgIpc) is 2.27. The van der Waals surface area contributed by atoms with Crippen LogP contribution in [0.25, 0.3) is 0 Å². The van der Waals surface area contributed by atoms with Crippen molar-refractivity contribution < 1.29 is 4.92 Å². The fourth-order valence-electron chi connectivity index (χ4n) is 1.55. The van der Waals surface area contributed by atoms with E-state index in [0.717, 1.165) is 23.1 Å². The molecule has 88 valence electrons. The van der Waals surface area contributed by atoms with Crippen LogP contribution in [0.4, 0.5) is 5.69 Å². The molecule has 0 aliphatic rings. The van der Waals surface area contributed by atoms with E-state index in [0.29, 0.717) is 6.54 Å². The van der Waals surface area contributed by atoms with Gasteiger partial charge in [0.2, 0.25) is 0 Å². The summed E-state index contributed by atoms with van der Waals surface area (Å²) in [5, 5.41) is 10.9. The molecule has 0 aromatic heterocycles. The average molecular weight is 287 g/mol. The number of nitro groups is 1. The molecule has 0 radical (unpaired) electrons. The van der Waals surface area contributed by atoms with Gasteiger partial charge in [-0.3, -0.25) is 15.0 Å². The van der Waals surface area contributed by atoms with E-state index in [1.807, 2.05) is 19.9 Å². The normalized spacial score (nSPS) is 10.8. The summed E-state index contributed by atoms with van der Waals surface area (Å²) in [5.74, 6) is 0. The molecule has 4 nitrogen and oxygen atoms in total. The van der Waals surface area contributed by atoms with E-state index in [-0.39, 0.29) is 10.6 Å². The van der Waals surface area contributed by atoms with Crippen molar-refractivity contribution in [3.8, 4) is 0 Å². The Bertz CT molecular complexity index is 378. The van der Waals surface area contributed by atoms with Crippen LogP contribution in [-0.4, -0.2) is 22.9 Å². The van der Waals surface area contributed by atoms with Crippen LogP contribution in [0.15, 0.2) is 22.7 Å². The van der Waals surface area contributed by atoms with Gasteiger partial charge < -0.3 is 0 Å². The molecule has 0 bridgehead atoms. The van der Waals surface area contributed by atoms with Crippen molar-refractivity contribution in [2.45, 2.75) is 20.4 Å². The highest BCUT2D eigenvalue weighted by molar-refractivity contribution is 9.10. The molecule has 1 aromatic rings. The van der Waals surface area contributed by atoms with Crippen molar-refractivity contribution in [2.24, 2.45) is 0 Å². The molecule has 0 aliphatic carbocycles. The predicted molar refractivity (Wildman–Crippen MR) is 67.4 cm³/mol. The van der Waals surface area contributed by atoms with Crippen LogP contribution in [0.5, 0.6) is 0 Å². The summed E-state index contributed by atoms with van der Waals surface area (Å²) in [6.45, 7) is 6.47. The van der Waals surface area contributed by atoms with Crippen molar-refractivity contribution in [2.75, 3.05) is 13.1 Å². The van der Waals surface area contributed by atoms with E-state index >= 15 is 0 Å². The molecule has 16 heavy (non-hydrogen) atoms. The smallest absolute Gasteiger partial charge is 0.275 e. The first-order valence-corrected chi connectivity index (χ1v) is 6.03. The third kappa shape index (κ3) is 3.02. The van der Waals surface area contributed by atoms with Crippen molar-refractivity contribution in [1.29, 1.82) is 0 Å². The standard InChI is InChI=1S/C11H15BrN2O2/c1-3-13(4-2)8-9-10(12)6-5-7-11(9)14(15)16/h5-7H,3-4,8H2,1-2H3. The second kappa shape index (κ2) is 5.96. The van der Waals surface area contributed by atoms with Crippen molar-refractivity contribution in [1.82, 2.24) is 4.90 Å². The van der Waals surface area contributed by atoms with Crippen LogP contribution in [-0.2, 0) is 6.54 Å². The van der Waals surface area contributed by atoms with Gasteiger partial charge in [-0.05, 0) is 19.2 Å². The van der Waals surface area contributed by atoms with Gasteiger partial charge in [-0.25, -0.2) is 0 Å². The number of hydrogen-bond donors (Lipinski definition) is 0. The molecular weight excluding hydrogens is 272 g/mol. The lowest BCUT2D eigenvalue weighted by molar-refractivity contribution is -0.385. The molecule has 1 rings (SSSR count). The second-order valence-corrected chi connectivity index (χ2v) is 4.31. The topological polar surface area (TPSA) is 46.4 Å². The summed E-state index contributed by atoms with van der Waals surface area (Å²) in [7, 11) is 0. The molecule has 0 saturated heterocycles. The number of nitro benzene ring substituents is 1. The van der Waals surface area contributed by atoms with Gasteiger partial charge in [-0.15, -0.1) is 0 Å². The maximum atomic E-state index is 10.9. The van der Waals surface area contributed by atoms with E-state index in [4.69, 9.17) is 0 Å². The molecule has 5 heteroatoms. The largest absolute Gasteiger partial charge is 0.299 e. The van der Waals surface area contributed by atoms with Gasteiger partial charge in [0.25, 0.3) is 5.69 Å². The van der Waals surface area contributed by atoms with Crippen molar-refractivity contribution >= 4 is 21.6 Å². The van der Waals surface area contributed by atoms with Gasteiger partial charge >= 0.3 is 0 Å². The zero-order valence-electron chi connectivity index (χ0n) is 9.44. The SMILES string of the molecule is CCN(CC)Cc1c(Br)cccc1[N+](=O)[O-]. The third-order valence-corrected chi connectivity index (χ3v) is 3.31. The summed E-state index contributed by atoms with van der Waals surface area (Å²) < 4.78 is 0.800. The van der Waals surface area contributed by atoms with Crippen molar-refractivity contribution in [3.05, 3.63) is 38.3 Å². The van der Waals surface area contributed by atoms with E-state index in [2.05, 4.69) is 20.8 Å². The Kier molecular flexibility index (Phi) is 4.89. The van der Waals surface area contributed by atoms with E-state index in [1.54, 1.807) is 12.1 Å². The third-order valence-electron chi connectivity index (χ3n) is 2.57. The Balaban J connectivity index is 3.05. The van der Waals surface area contributed by atoms with Gasteiger partial charge in [0.15, 0.2) is 0 Å². The quantitative estimate of drug-likeness (QED) is 0.617. The van der Waals surface area contributed by atoms with Gasteiger partial charge in [0.05, 0.1) is 10.5 Å². The molecule has 0 spiro atoms. The van der Waals surface area contributed by atoms with Gasteiger partial charge in [-0.2, -0.15) is 0 Å². The molecule has 0 atom stereocenters. The maximum Gasteiger partial charge on any atom is 0.275 e. The van der Waals surface area contributed by atoms with Crippen LogP contribution >= 0.6 is 15.9 Å². The molecule has 0 aliphatic heterocycles. The van der Waals surface area contributed by atoms with Crippen LogP contribution in [0, 0.1) is 10.1 Å². The number of halogens is 1. The Morgan fingerprint density at radius 3 is 2.50 bits per heavy atom. The minimum absolute atomic E-state index is 0.182. The summed E-state index contributed by atoms with van der Waals surface area (Å²) in [6.07, 6.45) is 0. The Hall–Kier alpha value is -0.940. The Labute approximate surface area is 104 Å². The molecule has 0 N–H and O–H groups in total. The molecule has 0 fully saturated rings. The number of hydrogen-bond acceptors (Lipinski definition) is 3. The monoisotopic (exact) mass is 286 g/mol. The summed E-state index contributed by atoms with van der Waals surface area (Å²) in [4.78, 5) is 12.7. The minimum Gasteiger partial charge on any atom is -0.299 e. The Morgan fingerprint density at radius 2 is 2.00 bits per heavy atom. The fourth-order valence-corrected chi connectivity index (χ4v) is 2.03. The second-order valence-electron chi connectivity index (χ2n) is 3.46. The Morgan fingerprint density at radius 1 is 1.38 bits per heavy atom. The lowest BCUT2D eigenvalue weighted by Gasteiger charge is -2.18. The van der Waals surface area contributed by atoms with Crippen LogP contribution in [0.3, 0.4) is 0 Å². The van der Waals surface area contributed by atoms with Gasteiger partial charge in [-0.1, -0.05) is 35.8 Å². The molecule has 0 saturated carbocycles. The summed E-state index contributed by atoms with van der Waals surface area (Å²) >= 11 is 3.37. The minimum atomic E-state index is -0.330. The van der Waals surface area contributed by atoms with E-state index < -0.39 is 0 Å². The zero-order chi connectivity index (χ0) is 12.1. The zero-order valence-corrected chi connectivity index (χ0v) is 11.0. The summed E-state index contributed by atoms with van der Waals surface area (Å²) in [5.41, 5.74) is 0.928. The molecule has 0 amide bonds. The van der Waals surface area contributed by atoms with Crippen LogP contribution in [0.1, 0.15) is 19.4 Å². The highest BCUT2D eigenvalue weighted by atomic mass is 79.9. The number of nitrogens with zero attached hydrogens (tertiary/aromatic N) is 2. The number of rotatable bonds is 5. The van der Waals surface area contributed by atoms with E-state index in [9.17, 15) is 10.1 Å². The van der Waals surface area contributed by atoms with Gasteiger partial charge in [0, 0.05) is 17.1 Å². The van der Waals surface area contributed by atoms with Crippen LogP contribution in [0.2, 0.25) is 0 Å². The first-order valence-electron chi connectivity index (χ1n) is 5.24. The molecule has 0 unspecified atom stereocenters. The lowest BCUT2D eigenvalue weighted by atomic mass is 10.1. The van der Waals surface area contributed by atoms with Crippen LogP contribution < -0.4 is 0 Å². The van der Waals surface area contributed by atoms with Gasteiger partial charge in [0.1, 0.15) is 0 Å². The number of benzene rings is 1. The summed E-state index contributed by atoms with van der Waals surface area (Å²) in [6, 6.07) is 5.07. The highest BCUT2D eigenvalue weighted by Crippen LogP contribution is 2.27. The first kappa shape index (κ1) is 13.1. The van der Waals surface area contributed by atoms with Crippen molar-refractivity contribution in [3.63, 3.8) is 0 Å². The fraction of sp³-hybridized carbons (Fsp3) is 0.455. The first-order chi connectivity index (χ1) is 7.60.